The van der Waals surface area contributed by atoms with Gasteiger partial charge < -0.3 is 16.0 Å². The van der Waals surface area contributed by atoms with Gasteiger partial charge in [-0.15, -0.1) is 0 Å². The number of hydrogen-bond acceptors (Lipinski definition) is 3. The Bertz CT molecular complexity index is 413. The quantitative estimate of drug-likeness (QED) is 0.804. The lowest BCUT2D eigenvalue weighted by molar-refractivity contribution is -0.132. The highest BCUT2D eigenvalue weighted by Gasteiger charge is 2.21. The molecule has 1 aliphatic heterocycles. The molecular formula is C14H21N3O. The molecule has 1 aromatic rings. The second-order valence-electron chi connectivity index (χ2n) is 4.88. The van der Waals surface area contributed by atoms with E-state index < -0.39 is 0 Å². The van der Waals surface area contributed by atoms with Crippen molar-refractivity contribution in [3.8, 4) is 0 Å². The summed E-state index contributed by atoms with van der Waals surface area (Å²) in [6, 6.07) is 7.29. The molecule has 0 saturated carbocycles. The van der Waals surface area contributed by atoms with Crippen LogP contribution in [0.15, 0.2) is 24.3 Å². The fourth-order valence-corrected chi connectivity index (χ4v) is 2.33. The molecule has 4 nitrogen and oxygen atoms in total. The van der Waals surface area contributed by atoms with Crippen LogP contribution >= 0.6 is 0 Å². The molecule has 0 spiro atoms. The van der Waals surface area contributed by atoms with Gasteiger partial charge in [0.1, 0.15) is 6.04 Å². The van der Waals surface area contributed by atoms with Crippen LogP contribution in [0.2, 0.25) is 0 Å². The van der Waals surface area contributed by atoms with E-state index in [0.717, 1.165) is 31.6 Å². The lowest BCUT2D eigenvalue weighted by Gasteiger charge is -2.29. The first-order valence-electron chi connectivity index (χ1n) is 6.57. The second-order valence-corrected chi connectivity index (χ2v) is 4.88. The molecule has 4 heteroatoms. The number of carbonyl (C=O) groups is 1. The van der Waals surface area contributed by atoms with E-state index in [1.54, 1.807) is 0 Å². The third kappa shape index (κ3) is 3.15. The SMILES string of the molecule is CC(Nc1cccc(N)c1)C(=O)N1CCCCC1. The van der Waals surface area contributed by atoms with Gasteiger partial charge in [-0.3, -0.25) is 4.79 Å². The number of hydrogen-bond donors (Lipinski definition) is 2. The van der Waals surface area contributed by atoms with Crippen molar-refractivity contribution in [1.29, 1.82) is 0 Å². The number of nitrogens with one attached hydrogen (secondary N) is 1. The lowest BCUT2D eigenvalue weighted by Crippen LogP contribution is -2.43. The number of piperidine rings is 1. The van der Waals surface area contributed by atoms with Crippen molar-refractivity contribution in [3.63, 3.8) is 0 Å². The van der Waals surface area contributed by atoms with Crippen molar-refractivity contribution in [2.75, 3.05) is 24.1 Å². The molecule has 98 valence electrons. The molecule has 1 saturated heterocycles. The maximum absolute atomic E-state index is 12.2. The van der Waals surface area contributed by atoms with E-state index in [1.165, 1.54) is 6.42 Å². The smallest absolute Gasteiger partial charge is 0.244 e. The maximum atomic E-state index is 12.2. The Morgan fingerprint density at radius 1 is 1.33 bits per heavy atom. The van der Waals surface area contributed by atoms with Gasteiger partial charge in [-0.1, -0.05) is 6.07 Å². The van der Waals surface area contributed by atoms with Crippen LogP contribution in [0.5, 0.6) is 0 Å². The number of nitrogens with two attached hydrogens (primary N) is 1. The number of anilines is 2. The molecule has 0 aromatic heterocycles. The molecular weight excluding hydrogens is 226 g/mol. The van der Waals surface area contributed by atoms with E-state index in [2.05, 4.69) is 5.32 Å². The van der Waals surface area contributed by atoms with Gasteiger partial charge in [-0.2, -0.15) is 0 Å². The molecule has 1 unspecified atom stereocenters. The number of nitrogen functional groups attached to an aromatic ring is 1. The van der Waals surface area contributed by atoms with Gasteiger partial charge in [-0.05, 0) is 44.4 Å². The minimum atomic E-state index is -0.204. The summed E-state index contributed by atoms with van der Waals surface area (Å²) < 4.78 is 0. The number of benzene rings is 1. The summed E-state index contributed by atoms with van der Waals surface area (Å²) in [4.78, 5) is 14.2. The van der Waals surface area contributed by atoms with Crippen molar-refractivity contribution < 1.29 is 4.79 Å². The van der Waals surface area contributed by atoms with Crippen molar-refractivity contribution in [3.05, 3.63) is 24.3 Å². The van der Waals surface area contributed by atoms with Crippen molar-refractivity contribution in [2.45, 2.75) is 32.2 Å². The highest BCUT2D eigenvalue weighted by Crippen LogP contribution is 2.15. The first kappa shape index (κ1) is 12.7. The number of amides is 1. The predicted molar refractivity (Wildman–Crippen MR) is 74.4 cm³/mol. The van der Waals surface area contributed by atoms with Crippen LogP contribution in [0.25, 0.3) is 0 Å². The van der Waals surface area contributed by atoms with E-state index >= 15 is 0 Å². The maximum Gasteiger partial charge on any atom is 0.244 e. The summed E-state index contributed by atoms with van der Waals surface area (Å²) in [6.07, 6.45) is 3.48. The van der Waals surface area contributed by atoms with Crippen molar-refractivity contribution in [2.24, 2.45) is 0 Å². The molecule has 2 rings (SSSR count). The zero-order valence-corrected chi connectivity index (χ0v) is 10.9. The summed E-state index contributed by atoms with van der Waals surface area (Å²) in [5.74, 6) is 0.178. The Morgan fingerprint density at radius 3 is 2.72 bits per heavy atom. The fraction of sp³-hybridized carbons (Fsp3) is 0.500. The van der Waals surface area contributed by atoms with Gasteiger partial charge >= 0.3 is 0 Å². The van der Waals surface area contributed by atoms with Crippen LogP contribution in [-0.2, 0) is 4.79 Å². The predicted octanol–water partition coefficient (Wildman–Crippen LogP) is 2.08. The van der Waals surface area contributed by atoms with E-state index in [9.17, 15) is 4.79 Å². The molecule has 1 aromatic carbocycles. The van der Waals surface area contributed by atoms with Crippen molar-refractivity contribution in [1.82, 2.24) is 4.90 Å². The van der Waals surface area contributed by atoms with Gasteiger partial charge in [0.05, 0.1) is 0 Å². The van der Waals surface area contributed by atoms with E-state index in [4.69, 9.17) is 5.73 Å². The summed E-state index contributed by atoms with van der Waals surface area (Å²) in [5, 5.41) is 3.21. The summed E-state index contributed by atoms with van der Waals surface area (Å²) in [6.45, 7) is 3.68. The summed E-state index contributed by atoms with van der Waals surface area (Å²) >= 11 is 0. The monoisotopic (exact) mass is 247 g/mol. The lowest BCUT2D eigenvalue weighted by atomic mass is 10.1. The molecule has 1 heterocycles. The normalized spacial score (nSPS) is 17.3. The molecule has 1 amide bonds. The minimum Gasteiger partial charge on any atom is -0.399 e. The third-order valence-electron chi connectivity index (χ3n) is 3.31. The topological polar surface area (TPSA) is 58.4 Å². The zero-order chi connectivity index (χ0) is 13.0. The Kier molecular flexibility index (Phi) is 4.07. The molecule has 1 fully saturated rings. The van der Waals surface area contributed by atoms with E-state index in [-0.39, 0.29) is 11.9 Å². The van der Waals surface area contributed by atoms with Crippen LogP contribution in [0.1, 0.15) is 26.2 Å². The van der Waals surface area contributed by atoms with Gasteiger partial charge in [0.2, 0.25) is 5.91 Å². The number of rotatable bonds is 3. The Labute approximate surface area is 108 Å². The van der Waals surface area contributed by atoms with Gasteiger partial charge in [0, 0.05) is 24.5 Å². The highest BCUT2D eigenvalue weighted by atomic mass is 16.2. The molecule has 1 atom stereocenters. The van der Waals surface area contributed by atoms with Crippen LogP contribution in [0.4, 0.5) is 11.4 Å². The van der Waals surface area contributed by atoms with E-state index in [0.29, 0.717) is 5.69 Å². The Hall–Kier alpha value is -1.71. The molecule has 0 bridgehead atoms. The van der Waals surface area contributed by atoms with E-state index in [1.807, 2.05) is 36.1 Å². The molecule has 0 aliphatic carbocycles. The third-order valence-corrected chi connectivity index (χ3v) is 3.31. The number of carbonyl (C=O) groups excluding carboxylic acids is 1. The standard InChI is InChI=1S/C14H21N3O/c1-11(14(18)17-8-3-2-4-9-17)16-13-7-5-6-12(15)10-13/h5-7,10-11,16H,2-4,8-9,15H2,1H3. The first-order valence-corrected chi connectivity index (χ1v) is 6.57. The van der Waals surface area contributed by atoms with Crippen LogP contribution in [0, 0.1) is 0 Å². The average Bonchev–Trinajstić information content (AvgIpc) is 2.39. The largest absolute Gasteiger partial charge is 0.399 e. The van der Waals surface area contributed by atoms with Gasteiger partial charge in [-0.25, -0.2) is 0 Å². The van der Waals surface area contributed by atoms with Crippen LogP contribution in [0.3, 0.4) is 0 Å². The number of nitrogens with zero attached hydrogens (tertiary/aromatic N) is 1. The summed E-state index contributed by atoms with van der Waals surface area (Å²) in [5.41, 5.74) is 7.32. The van der Waals surface area contributed by atoms with Gasteiger partial charge in [0.25, 0.3) is 0 Å². The Morgan fingerprint density at radius 2 is 2.06 bits per heavy atom. The van der Waals surface area contributed by atoms with Crippen molar-refractivity contribution >= 4 is 17.3 Å². The second kappa shape index (κ2) is 5.76. The minimum absolute atomic E-state index is 0.178. The van der Waals surface area contributed by atoms with Crippen LogP contribution < -0.4 is 11.1 Å². The molecule has 0 radical (unpaired) electrons. The fourth-order valence-electron chi connectivity index (χ4n) is 2.33. The molecule has 1 aliphatic rings. The number of likely N-dealkylation sites (tertiary alicyclic amines) is 1. The summed E-state index contributed by atoms with van der Waals surface area (Å²) in [7, 11) is 0. The zero-order valence-electron chi connectivity index (χ0n) is 10.9. The Balaban J connectivity index is 1.94. The van der Waals surface area contributed by atoms with Crippen LogP contribution in [-0.4, -0.2) is 29.9 Å². The van der Waals surface area contributed by atoms with Gasteiger partial charge in [0.15, 0.2) is 0 Å². The highest BCUT2D eigenvalue weighted by molar-refractivity contribution is 5.84. The molecule has 18 heavy (non-hydrogen) atoms. The molecule has 3 N–H and O–H groups in total. The average molecular weight is 247 g/mol. The first-order chi connectivity index (χ1) is 8.66.